The maximum Gasteiger partial charge on any atom is 0.264 e. The maximum absolute atomic E-state index is 14.1. The lowest BCUT2D eigenvalue weighted by Crippen LogP contribution is -2.53. The molecule has 0 aromatic heterocycles. The van der Waals surface area contributed by atoms with E-state index in [1.165, 1.54) is 49.5 Å². The zero-order chi connectivity index (χ0) is 31.0. The predicted octanol–water partition coefficient (Wildman–Crippen LogP) is 4.90. The molecule has 9 nitrogen and oxygen atoms in total. The number of anilines is 1. The van der Waals surface area contributed by atoms with E-state index >= 15 is 0 Å². The largest absolute Gasteiger partial charge is 0.493 e. The van der Waals surface area contributed by atoms with Crippen molar-refractivity contribution >= 4 is 27.5 Å². The first-order chi connectivity index (χ1) is 20.6. The van der Waals surface area contributed by atoms with Crippen LogP contribution in [0.4, 0.5) is 10.1 Å². The molecule has 4 rings (SSSR count). The van der Waals surface area contributed by atoms with Crippen molar-refractivity contribution < 1.29 is 31.9 Å². The van der Waals surface area contributed by atoms with Crippen LogP contribution in [0.15, 0.2) is 77.7 Å². The monoisotopic (exact) mass is 611 g/mol. The molecule has 0 saturated heterocycles. The molecular weight excluding hydrogens is 573 g/mol. The Morgan fingerprint density at radius 1 is 0.930 bits per heavy atom. The smallest absolute Gasteiger partial charge is 0.264 e. The van der Waals surface area contributed by atoms with E-state index < -0.39 is 34.3 Å². The fourth-order valence-electron chi connectivity index (χ4n) is 5.17. The van der Waals surface area contributed by atoms with Crippen molar-refractivity contribution in [3.8, 4) is 11.5 Å². The second-order valence-corrected chi connectivity index (χ2v) is 12.4. The Hall–Kier alpha value is -4.12. The predicted molar refractivity (Wildman–Crippen MR) is 162 cm³/mol. The van der Waals surface area contributed by atoms with E-state index in [2.05, 4.69) is 5.32 Å². The van der Waals surface area contributed by atoms with Gasteiger partial charge in [0.05, 0.1) is 24.8 Å². The zero-order valence-corrected chi connectivity index (χ0v) is 25.5. The van der Waals surface area contributed by atoms with E-state index in [4.69, 9.17) is 9.47 Å². The number of rotatable bonds is 12. The fourth-order valence-corrected chi connectivity index (χ4v) is 6.60. The molecule has 1 fully saturated rings. The zero-order valence-electron chi connectivity index (χ0n) is 24.7. The van der Waals surface area contributed by atoms with E-state index in [0.717, 1.165) is 54.1 Å². The molecule has 230 valence electrons. The molecule has 0 spiro atoms. The number of carbonyl (C=O) groups excluding carboxylic acids is 2. The van der Waals surface area contributed by atoms with Crippen molar-refractivity contribution in [3.63, 3.8) is 0 Å². The molecule has 0 aliphatic heterocycles. The van der Waals surface area contributed by atoms with Gasteiger partial charge >= 0.3 is 0 Å². The molecular formula is C32H38FN3O6S. The van der Waals surface area contributed by atoms with Gasteiger partial charge in [-0.2, -0.15) is 0 Å². The quantitative estimate of drug-likeness (QED) is 0.312. The fraction of sp³-hybridized carbons (Fsp3) is 0.375. The number of benzene rings is 3. The topological polar surface area (TPSA) is 105 Å². The van der Waals surface area contributed by atoms with Crippen LogP contribution in [0.2, 0.25) is 0 Å². The first-order valence-electron chi connectivity index (χ1n) is 14.3. The summed E-state index contributed by atoms with van der Waals surface area (Å²) in [5.41, 5.74) is 0.868. The number of nitrogens with zero attached hydrogens (tertiary/aromatic N) is 2. The minimum Gasteiger partial charge on any atom is -0.493 e. The van der Waals surface area contributed by atoms with Gasteiger partial charge in [-0.05, 0) is 61.7 Å². The molecule has 3 aromatic carbocycles. The summed E-state index contributed by atoms with van der Waals surface area (Å²) in [5, 5.41) is 3.08. The molecule has 1 aliphatic rings. The summed E-state index contributed by atoms with van der Waals surface area (Å²) in [6, 6.07) is 17.3. The van der Waals surface area contributed by atoms with Crippen molar-refractivity contribution in [2.45, 2.75) is 62.6 Å². The SMILES string of the molecule is COc1ccc(S(=O)(=O)N(CC(=O)N(Cc2ccccc2)[C@H](C)C(=O)NC2CCCCC2)c2ccc(F)cc2)cc1OC. The number of halogens is 1. The third-order valence-electron chi connectivity index (χ3n) is 7.65. The van der Waals surface area contributed by atoms with E-state index in [1.807, 2.05) is 30.3 Å². The van der Waals surface area contributed by atoms with Crippen LogP contribution in [0, 0.1) is 5.82 Å². The minimum atomic E-state index is -4.37. The molecule has 11 heteroatoms. The van der Waals surface area contributed by atoms with Gasteiger partial charge in [0.15, 0.2) is 11.5 Å². The lowest BCUT2D eigenvalue weighted by molar-refractivity contribution is -0.139. The van der Waals surface area contributed by atoms with Crippen molar-refractivity contribution in [2.75, 3.05) is 25.1 Å². The van der Waals surface area contributed by atoms with Crippen LogP contribution in [-0.2, 0) is 26.2 Å². The average Bonchev–Trinajstić information content (AvgIpc) is 3.03. The summed E-state index contributed by atoms with van der Waals surface area (Å²) in [7, 11) is -1.55. The summed E-state index contributed by atoms with van der Waals surface area (Å²) >= 11 is 0. The van der Waals surface area contributed by atoms with Crippen LogP contribution >= 0.6 is 0 Å². The summed E-state index contributed by atoms with van der Waals surface area (Å²) < 4.78 is 53.4. The Balaban J connectivity index is 1.69. The second-order valence-electron chi connectivity index (χ2n) is 10.5. The van der Waals surface area contributed by atoms with Crippen molar-refractivity contribution in [1.82, 2.24) is 10.2 Å². The van der Waals surface area contributed by atoms with Gasteiger partial charge in [-0.1, -0.05) is 49.6 Å². The minimum absolute atomic E-state index is 0.0403. The third kappa shape index (κ3) is 7.84. The number of ether oxygens (including phenoxy) is 2. The van der Waals surface area contributed by atoms with Gasteiger partial charge in [0, 0.05) is 18.7 Å². The molecule has 43 heavy (non-hydrogen) atoms. The van der Waals surface area contributed by atoms with Crippen LogP contribution < -0.4 is 19.1 Å². The maximum atomic E-state index is 14.1. The highest BCUT2D eigenvalue weighted by molar-refractivity contribution is 7.92. The number of amides is 2. The average molecular weight is 612 g/mol. The Kier molecular flexibility index (Phi) is 10.6. The van der Waals surface area contributed by atoms with E-state index in [0.29, 0.717) is 5.75 Å². The Bertz CT molecular complexity index is 1500. The molecule has 0 unspecified atom stereocenters. The van der Waals surface area contributed by atoms with Gasteiger partial charge in [0.1, 0.15) is 18.4 Å². The molecule has 1 atom stereocenters. The summed E-state index contributed by atoms with van der Waals surface area (Å²) in [5.74, 6) is -0.932. The van der Waals surface area contributed by atoms with E-state index in [9.17, 15) is 22.4 Å². The highest BCUT2D eigenvalue weighted by Gasteiger charge is 2.33. The van der Waals surface area contributed by atoms with Crippen molar-refractivity contribution in [1.29, 1.82) is 0 Å². The highest BCUT2D eigenvalue weighted by Crippen LogP contribution is 2.32. The summed E-state index contributed by atoms with van der Waals surface area (Å²) in [6.45, 7) is 1.10. The normalized spacial score (nSPS) is 14.4. The van der Waals surface area contributed by atoms with Crippen LogP contribution in [0.1, 0.15) is 44.6 Å². The number of hydrogen-bond acceptors (Lipinski definition) is 6. The molecule has 1 saturated carbocycles. The molecule has 2 amide bonds. The van der Waals surface area contributed by atoms with Gasteiger partial charge in [-0.25, -0.2) is 12.8 Å². The number of carbonyl (C=O) groups is 2. The van der Waals surface area contributed by atoms with Crippen molar-refractivity contribution in [2.24, 2.45) is 0 Å². The number of nitrogens with one attached hydrogen (secondary N) is 1. The van der Waals surface area contributed by atoms with Crippen LogP contribution in [0.25, 0.3) is 0 Å². The lowest BCUT2D eigenvalue weighted by atomic mass is 9.95. The van der Waals surface area contributed by atoms with E-state index in [1.54, 1.807) is 6.92 Å². The molecule has 0 bridgehead atoms. The van der Waals surface area contributed by atoms with Gasteiger partial charge < -0.3 is 19.7 Å². The molecule has 1 aliphatic carbocycles. The Morgan fingerprint density at radius 3 is 2.21 bits per heavy atom. The third-order valence-corrected chi connectivity index (χ3v) is 9.42. The Morgan fingerprint density at radius 2 is 1.58 bits per heavy atom. The second kappa shape index (κ2) is 14.4. The lowest BCUT2D eigenvalue weighted by Gasteiger charge is -2.33. The van der Waals surface area contributed by atoms with Gasteiger partial charge in [0.2, 0.25) is 11.8 Å². The van der Waals surface area contributed by atoms with Crippen molar-refractivity contribution in [3.05, 3.63) is 84.2 Å². The van der Waals surface area contributed by atoms with Gasteiger partial charge in [-0.15, -0.1) is 0 Å². The van der Waals surface area contributed by atoms with Crippen LogP contribution in [-0.4, -0.2) is 58.0 Å². The van der Waals surface area contributed by atoms with Gasteiger partial charge in [-0.3, -0.25) is 13.9 Å². The standard InChI is InChI=1S/C32H38FN3O6S/c1-23(32(38)34-26-12-8-5-9-13-26)35(21-24-10-6-4-7-11-24)31(37)22-36(27-16-14-25(33)15-17-27)43(39,40)28-18-19-29(41-2)30(20-28)42-3/h4,6-7,10-11,14-20,23,26H,5,8-9,12-13,21-22H2,1-3H3,(H,34,38)/t23-/m1/s1. The number of hydrogen-bond donors (Lipinski definition) is 1. The first kappa shape index (κ1) is 31.8. The summed E-state index contributed by atoms with van der Waals surface area (Å²) in [4.78, 5) is 28.7. The van der Waals surface area contributed by atoms with E-state index in [-0.39, 0.29) is 34.8 Å². The van der Waals surface area contributed by atoms with Crippen LogP contribution in [0.3, 0.4) is 0 Å². The number of methoxy groups -OCH3 is 2. The highest BCUT2D eigenvalue weighted by atomic mass is 32.2. The Labute approximate surface area is 252 Å². The molecule has 3 aromatic rings. The number of sulfonamides is 1. The molecule has 0 radical (unpaired) electrons. The van der Waals surface area contributed by atoms with Crippen LogP contribution in [0.5, 0.6) is 11.5 Å². The molecule has 0 heterocycles. The molecule has 1 N–H and O–H groups in total. The van der Waals surface area contributed by atoms with Gasteiger partial charge in [0.25, 0.3) is 10.0 Å². The summed E-state index contributed by atoms with van der Waals surface area (Å²) in [6.07, 6.45) is 4.97. The first-order valence-corrected chi connectivity index (χ1v) is 15.7.